The maximum absolute atomic E-state index is 14.5. The number of ketones is 1. The molecule has 3 aliphatic heterocycles. The number of H-pyrrole nitrogens is 2. The molecule has 2 aliphatic carbocycles. The minimum atomic E-state index is -0.673. The molecule has 5 N–H and O–H groups in total. The van der Waals surface area contributed by atoms with Crippen molar-refractivity contribution in [2.24, 2.45) is 23.5 Å². The molecule has 8 atom stereocenters. The summed E-state index contributed by atoms with van der Waals surface area (Å²) in [7, 11) is 0. The molecule has 11 heteroatoms. The summed E-state index contributed by atoms with van der Waals surface area (Å²) >= 11 is 0. The summed E-state index contributed by atoms with van der Waals surface area (Å²) in [5.74, 6) is 4.25. The number of likely N-dealkylation sites (N-methyl/N-ethyl adjacent to an activating group) is 1. The number of aliphatic hydroxyl groups is 1. The number of fused-ring (bicyclic) bond motifs is 6. The molecule has 3 aromatic heterocycles. The van der Waals surface area contributed by atoms with Gasteiger partial charge in [-0.3, -0.25) is 14.6 Å². The van der Waals surface area contributed by atoms with Gasteiger partial charge in [-0.2, -0.15) is 0 Å². The normalized spacial score (nSPS) is 27.5. The van der Waals surface area contributed by atoms with Crippen LogP contribution in [0.2, 0.25) is 0 Å². The van der Waals surface area contributed by atoms with Crippen LogP contribution in [0.1, 0.15) is 119 Å². The van der Waals surface area contributed by atoms with Crippen LogP contribution in [-0.4, -0.2) is 77.1 Å². The SMILES string of the molecule is CCC(N)C(O)N1CCCC1c1ncc(C2=CC3=C(CC2)c2cc4cc(-c5cnc(C6CCC7CN(CC)C(c8ccccc8)C(=O)C(C6)C7C)[nH]5)ccc4n2CO3)[nH]1. The third kappa shape index (κ3) is 6.80. The molecule has 2 saturated heterocycles. The van der Waals surface area contributed by atoms with Crippen molar-refractivity contribution in [2.75, 3.05) is 19.6 Å². The molecule has 11 nitrogen and oxygen atoms in total. The fourth-order valence-corrected chi connectivity index (χ4v) is 11.1. The first-order chi connectivity index (χ1) is 28.8. The summed E-state index contributed by atoms with van der Waals surface area (Å²) in [5, 5.41) is 12.1. The van der Waals surface area contributed by atoms with Gasteiger partial charge in [-0.25, -0.2) is 9.97 Å². The Kier molecular flexibility index (Phi) is 10.2. The molecule has 3 fully saturated rings. The van der Waals surface area contributed by atoms with Crippen molar-refractivity contribution in [2.45, 2.75) is 109 Å². The molecule has 0 spiro atoms. The van der Waals surface area contributed by atoms with E-state index in [2.05, 4.69) is 92.8 Å². The number of ether oxygens (including phenoxy) is 1. The standard InChI is InChI=1S/C48H58N8O3/c1-4-37(49)48(58)55-19-9-12-41(55)47-51-25-39(53-47)31-15-17-35-42-22-34-20-30(16-18-40(34)56(42)27-59-43(35)23-31)38-24-50-46(52-38)32-13-14-33-26-54(5-2)44(29-10-7-6-8-11-29)45(57)36(21-32)28(33)3/h6-8,10-11,16,18,20,22-25,28,32-33,36-37,41,44,48,58H,4-5,9,12-15,17,19,21,26-27,49H2,1-3H3,(H,50,52)(H,51,53). The van der Waals surface area contributed by atoms with Gasteiger partial charge in [0.05, 0.1) is 47.1 Å². The Morgan fingerprint density at radius 3 is 2.63 bits per heavy atom. The van der Waals surface area contributed by atoms with Gasteiger partial charge in [0.15, 0.2) is 12.5 Å². The van der Waals surface area contributed by atoms with Crippen molar-refractivity contribution >= 4 is 27.8 Å². The fourth-order valence-electron chi connectivity index (χ4n) is 11.1. The maximum Gasteiger partial charge on any atom is 0.165 e. The lowest BCUT2D eigenvalue weighted by atomic mass is 9.78. The summed E-state index contributed by atoms with van der Waals surface area (Å²) in [6, 6.07) is 19.0. The van der Waals surface area contributed by atoms with Crippen LogP contribution in [0.15, 0.2) is 78.8 Å². The van der Waals surface area contributed by atoms with E-state index in [1.54, 1.807) is 0 Å². The van der Waals surface area contributed by atoms with Crippen molar-refractivity contribution in [1.29, 1.82) is 0 Å². The highest BCUT2D eigenvalue weighted by Gasteiger charge is 2.45. The monoisotopic (exact) mass is 794 g/mol. The lowest BCUT2D eigenvalue weighted by Crippen LogP contribution is -2.47. The van der Waals surface area contributed by atoms with Gasteiger partial charge in [-0.15, -0.1) is 0 Å². The zero-order chi connectivity index (χ0) is 40.4. The van der Waals surface area contributed by atoms with Gasteiger partial charge in [-0.1, -0.05) is 57.2 Å². The van der Waals surface area contributed by atoms with Gasteiger partial charge in [0.25, 0.3) is 0 Å². The second-order valence-corrected chi connectivity index (χ2v) is 17.8. The summed E-state index contributed by atoms with van der Waals surface area (Å²) in [6.45, 7) is 9.64. The summed E-state index contributed by atoms with van der Waals surface area (Å²) in [6.07, 6.45) is 12.8. The molecule has 0 radical (unpaired) electrons. The zero-order valence-corrected chi connectivity index (χ0v) is 34.6. The van der Waals surface area contributed by atoms with Gasteiger partial charge < -0.3 is 30.1 Å². The van der Waals surface area contributed by atoms with E-state index in [1.165, 1.54) is 22.2 Å². The second kappa shape index (κ2) is 15.7. The average molecular weight is 795 g/mol. The summed E-state index contributed by atoms with van der Waals surface area (Å²) < 4.78 is 8.74. The first-order valence-corrected chi connectivity index (χ1v) is 22.1. The van der Waals surface area contributed by atoms with E-state index in [-0.39, 0.29) is 30.0 Å². The predicted octanol–water partition coefficient (Wildman–Crippen LogP) is 8.31. The first kappa shape index (κ1) is 38.4. The van der Waals surface area contributed by atoms with Crippen LogP contribution < -0.4 is 5.73 Å². The Labute approximate surface area is 346 Å². The molecular weight excluding hydrogens is 737 g/mol. The average Bonchev–Trinajstić information content (AvgIpc) is 4.09. The van der Waals surface area contributed by atoms with Crippen molar-refractivity contribution in [3.63, 3.8) is 0 Å². The van der Waals surface area contributed by atoms with Crippen LogP contribution in [0, 0.1) is 17.8 Å². The van der Waals surface area contributed by atoms with Crippen molar-refractivity contribution in [1.82, 2.24) is 34.3 Å². The number of nitrogens with zero attached hydrogens (tertiary/aromatic N) is 5. The quantitative estimate of drug-likeness (QED) is 0.117. The van der Waals surface area contributed by atoms with Crippen LogP contribution >= 0.6 is 0 Å². The summed E-state index contributed by atoms with van der Waals surface area (Å²) in [4.78, 5) is 36.1. The Hall–Kier alpha value is -4.81. The van der Waals surface area contributed by atoms with Crippen molar-refractivity contribution in [3.8, 4) is 11.3 Å². The van der Waals surface area contributed by atoms with Crippen LogP contribution in [0.5, 0.6) is 0 Å². The van der Waals surface area contributed by atoms with Gasteiger partial charge >= 0.3 is 0 Å². The summed E-state index contributed by atoms with van der Waals surface area (Å²) in [5.41, 5.74) is 15.3. The third-order valence-electron chi connectivity index (χ3n) is 14.6. The van der Waals surface area contributed by atoms with Crippen LogP contribution in [0.3, 0.4) is 0 Å². The Balaban J connectivity index is 0.874. The molecule has 5 aliphatic rings. The number of hydrogen-bond acceptors (Lipinski definition) is 8. The van der Waals surface area contributed by atoms with E-state index >= 15 is 0 Å². The third-order valence-corrected chi connectivity index (χ3v) is 14.6. The number of carbonyl (C=O) groups excluding carboxylic acids is 1. The molecule has 308 valence electrons. The molecule has 1 saturated carbocycles. The molecule has 6 heterocycles. The molecule has 5 aromatic rings. The van der Waals surface area contributed by atoms with Gasteiger partial charge in [0, 0.05) is 47.5 Å². The highest BCUT2D eigenvalue weighted by molar-refractivity contribution is 5.91. The molecule has 2 bridgehead atoms. The van der Waals surface area contributed by atoms with Gasteiger partial charge in [0.1, 0.15) is 23.6 Å². The fraction of sp³-hybridized carbons (Fsp3) is 0.479. The zero-order valence-electron chi connectivity index (χ0n) is 34.6. The van der Waals surface area contributed by atoms with Crippen LogP contribution in [-0.2, 0) is 16.3 Å². The topological polar surface area (TPSA) is 141 Å². The Morgan fingerprint density at radius 1 is 0.983 bits per heavy atom. The van der Waals surface area contributed by atoms with Crippen molar-refractivity contribution < 1.29 is 14.6 Å². The molecule has 2 aromatic carbocycles. The number of imidazole rings is 2. The number of aromatic nitrogens is 5. The number of hydrogen-bond donors (Lipinski definition) is 4. The number of likely N-dealkylation sites (tertiary alicyclic amines) is 2. The van der Waals surface area contributed by atoms with Gasteiger partial charge in [0.2, 0.25) is 0 Å². The number of nitrogens with two attached hydrogens (primary N) is 1. The molecular formula is C48H58N8O3. The molecule has 0 amide bonds. The number of benzene rings is 2. The number of rotatable bonds is 9. The van der Waals surface area contributed by atoms with Crippen LogP contribution in [0.25, 0.3) is 33.3 Å². The van der Waals surface area contributed by atoms with E-state index in [4.69, 9.17) is 20.4 Å². The van der Waals surface area contributed by atoms with E-state index in [0.29, 0.717) is 24.3 Å². The van der Waals surface area contributed by atoms with Crippen LogP contribution in [0.4, 0.5) is 0 Å². The Morgan fingerprint density at radius 2 is 1.80 bits per heavy atom. The highest BCUT2D eigenvalue weighted by atomic mass is 16.5. The number of allylic oxidation sites excluding steroid dienone is 3. The van der Waals surface area contributed by atoms with Gasteiger partial charge in [-0.05, 0) is 105 Å². The number of aliphatic hydroxyl groups excluding tert-OH is 1. The first-order valence-electron chi connectivity index (χ1n) is 22.1. The number of carbonyl (C=O) groups is 1. The molecule has 8 unspecified atom stereocenters. The minimum Gasteiger partial charge on any atom is -0.472 e. The maximum atomic E-state index is 14.5. The second-order valence-electron chi connectivity index (χ2n) is 17.8. The predicted molar refractivity (Wildman–Crippen MR) is 230 cm³/mol. The van der Waals surface area contributed by atoms with E-state index in [1.807, 2.05) is 25.4 Å². The van der Waals surface area contributed by atoms with E-state index in [9.17, 15) is 9.90 Å². The van der Waals surface area contributed by atoms with E-state index in [0.717, 1.165) is 116 Å². The lowest BCUT2D eigenvalue weighted by molar-refractivity contribution is -0.128. The molecule has 59 heavy (non-hydrogen) atoms. The number of aromatic amines is 2. The minimum absolute atomic E-state index is 0.00373. The molecule has 10 rings (SSSR count). The van der Waals surface area contributed by atoms with Crippen molar-refractivity contribution in [3.05, 3.63) is 107 Å². The lowest BCUT2D eigenvalue weighted by Gasteiger charge is -2.31. The number of nitrogens with one attached hydrogen (secondary N) is 2. The smallest absolute Gasteiger partial charge is 0.165 e. The number of Topliss-reactive ketones (excluding diaryl/α,β-unsaturated/α-hetero) is 1. The Bertz CT molecular complexity index is 2410. The van der Waals surface area contributed by atoms with E-state index < -0.39 is 6.23 Å². The highest BCUT2D eigenvalue weighted by Crippen LogP contribution is 2.47. The largest absolute Gasteiger partial charge is 0.472 e.